The quantitative estimate of drug-likeness (QED) is 0.605. The Balaban J connectivity index is 2.90. The maximum Gasteiger partial charge on any atom is 0.161 e. The van der Waals surface area contributed by atoms with Gasteiger partial charge in [0.05, 0.1) is 0 Å². The van der Waals surface area contributed by atoms with Gasteiger partial charge in [-0.15, -0.1) is 0 Å². The summed E-state index contributed by atoms with van der Waals surface area (Å²) in [6.07, 6.45) is 3.40. The molecule has 68 valence electrons. The first kappa shape index (κ1) is 9.46. The lowest BCUT2D eigenvalue weighted by molar-refractivity contribution is -0.139. The number of hydrogen-bond acceptors (Lipinski definition) is 2. The molecule has 0 aromatic rings. The molecule has 1 rings (SSSR count). The molecular formula is C10H16O2. The van der Waals surface area contributed by atoms with Crippen molar-refractivity contribution in [3.63, 3.8) is 0 Å². The van der Waals surface area contributed by atoms with Gasteiger partial charge in [-0.2, -0.15) is 0 Å². The predicted octanol–water partition coefficient (Wildman–Crippen LogP) is 1.68. The number of ketones is 1. The zero-order valence-corrected chi connectivity index (χ0v) is 7.92. The van der Waals surface area contributed by atoms with Crippen LogP contribution in [0.1, 0.15) is 33.6 Å². The second kappa shape index (κ2) is 3.02. The molecule has 2 nitrogen and oxygen atoms in total. The molecule has 0 amide bonds. The molecule has 2 atom stereocenters. The fourth-order valence-electron chi connectivity index (χ4n) is 1.76. The lowest BCUT2D eigenvalue weighted by Gasteiger charge is -2.34. The highest BCUT2D eigenvalue weighted by Crippen LogP contribution is 2.32. The highest BCUT2D eigenvalue weighted by Gasteiger charge is 2.39. The molecule has 0 aliphatic heterocycles. The van der Waals surface area contributed by atoms with Crippen LogP contribution in [-0.4, -0.2) is 16.5 Å². The van der Waals surface area contributed by atoms with Crippen LogP contribution >= 0.6 is 0 Å². The topological polar surface area (TPSA) is 37.3 Å². The molecule has 0 bridgehead atoms. The summed E-state index contributed by atoms with van der Waals surface area (Å²) in [7, 11) is 0. The SMILES string of the molecule is CC(=O)[C@@]1(O)CCC(C)=C[C@H]1C. The van der Waals surface area contributed by atoms with E-state index in [1.165, 1.54) is 12.5 Å². The summed E-state index contributed by atoms with van der Waals surface area (Å²) in [5.41, 5.74) is 0.174. The fourth-order valence-corrected chi connectivity index (χ4v) is 1.76. The number of rotatable bonds is 1. The monoisotopic (exact) mass is 168 g/mol. The van der Waals surface area contributed by atoms with Gasteiger partial charge in [0, 0.05) is 5.92 Å². The first-order chi connectivity index (χ1) is 5.47. The van der Waals surface area contributed by atoms with Crippen molar-refractivity contribution < 1.29 is 9.90 Å². The Kier molecular flexibility index (Phi) is 2.38. The van der Waals surface area contributed by atoms with Crippen molar-refractivity contribution in [1.82, 2.24) is 0 Å². The standard InChI is InChI=1S/C10H16O2/c1-7-4-5-10(12,9(3)11)8(2)6-7/h6,8,12H,4-5H2,1-3H3/t8-,10-/m1/s1. The predicted molar refractivity (Wildman–Crippen MR) is 47.8 cm³/mol. The van der Waals surface area contributed by atoms with Crippen molar-refractivity contribution in [2.45, 2.75) is 39.2 Å². The summed E-state index contributed by atoms with van der Waals surface area (Å²) >= 11 is 0. The zero-order chi connectivity index (χ0) is 9.35. The molecule has 12 heavy (non-hydrogen) atoms. The highest BCUT2D eigenvalue weighted by atomic mass is 16.3. The van der Waals surface area contributed by atoms with Crippen molar-refractivity contribution >= 4 is 5.78 Å². The Morgan fingerprint density at radius 2 is 2.33 bits per heavy atom. The Morgan fingerprint density at radius 3 is 2.75 bits per heavy atom. The van der Waals surface area contributed by atoms with Crippen LogP contribution in [0.25, 0.3) is 0 Å². The van der Waals surface area contributed by atoms with E-state index >= 15 is 0 Å². The van der Waals surface area contributed by atoms with Gasteiger partial charge in [-0.05, 0) is 26.7 Å². The van der Waals surface area contributed by atoms with Gasteiger partial charge >= 0.3 is 0 Å². The van der Waals surface area contributed by atoms with Gasteiger partial charge in [0.15, 0.2) is 5.78 Å². The van der Waals surface area contributed by atoms with Gasteiger partial charge in [0.1, 0.15) is 5.60 Å². The zero-order valence-electron chi connectivity index (χ0n) is 7.92. The minimum Gasteiger partial charge on any atom is -0.381 e. The average Bonchev–Trinajstić information content (AvgIpc) is 1.97. The van der Waals surface area contributed by atoms with E-state index in [1.807, 2.05) is 19.9 Å². The molecule has 0 saturated heterocycles. The van der Waals surface area contributed by atoms with Crippen molar-refractivity contribution in [2.24, 2.45) is 5.92 Å². The van der Waals surface area contributed by atoms with Crippen molar-refractivity contribution in [2.75, 3.05) is 0 Å². The van der Waals surface area contributed by atoms with Gasteiger partial charge in [0.25, 0.3) is 0 Å². The van der Waals surface area contributed by atoms with Crippen LogP contribution in [0.4, 0.5) is 0 Å². The molecule has 1 aliphatic rings. The molecular weight excluding hydrogens is 152 g/mol. The van der Waals surface area contributed by atoms with E-state index in [0.717, 1.165) is 6.42 Å². The minimum atomic E-state index is -1.10. The fraction of sp³-hybridized carbons (Fsp3) is 0.700. The molecule has 1 N–H and O–H groups in total. The molecule has 1 aliphatic carbocycles. The van der Waals surface area contributed by atoms with Crippen LogP contribution in [0.15, 0.2) is 11.6 Å². The molecule has 0 saturated carbocycles. The molecule has 0 aromatic heterocycles. The van der Waals surface area contributed by atoms with Crippen molar-refractivity contribution in [3.05, 3.63) is 11.6 Å². The Labute approximate surface area is 73.3 Å². The number of allylic oxidation sites excluding steroid dienone is 1. The largest absolute Gasteiger partial charge is 0.381 e. The number of Topliss-reactive ketones (excluding diaryl/α,β-unsaturated/α-hetero) is 1. The van der Waals surface area contributed by atoms with Gasteiger partial charge in [-0.25, -0.2) is 0 Å². The highest BCUT2D eigenvalue weighted by molar-refractivity contribution is 5.85. The second-order valence-corrected chi connectivity index (χ2v) is 3.78. The third kappa shape index (κ3) is 1.44. The molecule has 0 spiro atoms. The Hall–Kier alpha value is -0.630. The maximum atomic E-state index is 11.2. The van der Waals surface area contributed by atoms with Crippen LogP contribution < -0.4 is 0 Å². The lowest BCUT2D eigenvalue weighted by Crippen LogP contribution is -2.44. The molecule has 0 radical (unpaired) electrons. The molecule has 0 fully saturated rings. The minimum absolute atomic E-state index is 0.0382. The first-order valence-corrected chi connectivity index (χ1v) is 4.37. The number of carbonyl (C=O) groups excluding carboxylic acids is 1. The third-order valence-electron chi connectivity index (χ3n) is 2.80. The van der Waals surface area contributed by atoms with Gasteiger partial charge in [0.2, 0.25) is 0 Å². The van der Waals surface area contributed by atoms with Crippen LogP contribution in [0.3, 0.4) is 0 Å². The Bertz CT molecular complexity index is 230. The maximum absolute atomic E-state index is 11.2. The summed E-state index contributed by atoms with van der Waals surface area (Å²) in [6, 6.07) is 0. The third-order valence-corrected chi connectivity index (χ3v) is 2.80. The summed E-state index contributed by atoms with van der Waals surface area (Å²) < 4.78 is 0. The van der Waals surface area contributed by atoms with E-state index in [-0.39, 0.29) is 11.7 Å². The average molecular weight is 168 g/mol. The van der Waals surface area contributed by atoms with Gasteiger partial charge in [-0.1, -0.05) is 18.6 Å². The van der Waals surface area contributed by atoms with E-state index in [2.05, 4.69) is 0 Å². The van der Waals surface area contributed by atoms with E-state index in [9.17, 15) is 9.90 Å². The summed E-state index contributed by atoms with van der Waals surface area (Å²) in [5, 5.41) is 9.94. The number of hydrogen-bond donors (Lipinski definition) is 1. The van der Waals surface area contributed by atoms with E-state index < -0.39 is 5.60 Å². The van der Waals surface area contributed by atoms with E-state index in [1.54, 1.807) is 0 Å². The van der Waals surface area contributed by atoms with Crippen LogP contribution in [0.2, 0.25) is 0 Å². The van der Waals surface area contributed by atoms with Gasteiger partial charge in [-0.3, -0.25) is 4.79 Å². The molecule has 0 aromatic carbocycles. The van der Waals surface area contributed by atoms with Crippen molar-refractivity contribution in [3.8, 4) is 0 Å². The Morgan fingerprint density at radius 1 is 1.75 bits per heavy atom. The molecule has 2 heteroatoms. The van der Waals surface area contributed by atoms with Gasteiger partial charge < -0.3 is 5.11 Å². The van der Waals surface area contributed by atoms with Crippen LogP contribution in [0.5, 0.6) is 0 Å². The lowest BCUT2D eigenvalue weighted by atomic mass is 9.76. The first-order valence-electron chi connectivity index (χ1n) is 4.37. The van der Waals surface area contributed by atoms with Crippen LogP contribution in [-0.2, 0) is 4.79 Å². The van der Waals surface area contributed by atoms with Crippen molar-refractivity contribution in [1.29, 1.82) is 0 Å². The smallest absolute Gasteiger partial charge is 0.161 e. The van der Waals surface area contributed by atoms with Crippen LogP contribution in [0, 0.1) is 5.92 Å². The normalized spacial score (nSPS) is 36.0. The number of aliphatic hydroxyl groups is 1. The van der Waals surface area contributed by atoms with E-state index in [0.29, 0.717) is 6.42 Å². The molecule has 0 heterocycles. The van der Waals surface area contributed by atoms with E-state index in [4.69, 9.17) is 0 Å². The summed E-state index contributed by atoms with van der Waals surface area (Å²) in [6.45, 7) is 5.39. The summed E-state index contributed by atoms with van der Waals surface area (Å²) in [5.74, 6) is -0.150. The number of carbonyl (C=O) groups is 1. The summed E-state index contributed by atoms with van der Waals surface area (Å²) in [4.78, 5) is 11.2. The second-order valence-electron chi connectivity index (χ2n) is 3.78. The molecule has 0 unspecified atom stereocenters.